The number of aromatic nitrogens is 3. The molecule has 3 N–H and O–H groups in total. The number of aliphatic hydroxyl groups excluding tert-OH is 1. The standard InChI is InChI=1S/C18H15N3O6/c1-25-12-4-3-8(5-11(12)23)13-14-10(7-27-17(14)24)19-15-9(6-22)20-18(26-2)21-16(13)15/h3-5,7,22-24H,6H2,1-2H3. The molecule has 0 spiro atoms. The molecule has 1 aromatic carbocycles. The van der Waals surface area contributed by atoms with Crippen molar-refractivity contribution in [1.82, 2.24) is 15.0 Å². The van der Waals surface area contributed by atoms with Crippen molar-refractivity contribution >= 4 is 21.9 Å². The number of phenolic OH excluding ortho intramolecular Hbond substituents is 1. The van der Waals surface area contributed by atoms with Crippen LogP contribution in [0, 0.1) is 0 Å². The first kappa shape index (κ1) is 16.9. The molecule has 4 rings (SSSR count). The monoisotopic (exact) mass is 369 g/mol. The molecule has 138 valence electrons. The van der Waals surface area contributed by atoms with Crippen LogP contribution >= 0.6 is 0 Å². The molecular formula is C18H15N3O6. The summed E-state index contributed by atoms with van der Waals surface area (Å²) in [4.78, 5) is 12.9. The van der Waals surface area contributed by atoms with Crippen LogP contribution in [0.2, 0.25) is 0 Å². The minimum atomic E-state index is -0.384. The second kappa shape index (κ2) is 6.29. The van der Waals surface area contributed by atoms with E-state index in [2.05, 4.69) is 15.0 Å². The Morgan fingerprint density at radius 1 is 1.04 bits per heavy atom. The van der Waals surface area contributed by atoms with Gasteiger partial charge in [-0.3, -0.25) is 0 Å². The van der Waals surface area contributed by atoms with E-state index in [1.165, 1.54) is 26.5 Å². The van der Waals surface area contributed by atoms with Gasteiger partial charge in [-0.2, -0.15) is 9.97 Å². The zero-order chi connectivity index (χ0) is 19.1. The van der Waals surface area contributed by atoms with Crippen LogP contribution in [0.15, 0.2) is 28.9 Å². The number of rotatable bonds is 4. The van der Waals surface area contributed by atoms with Crippen molar-refractivity contribution in [3.63, 3.8) is 0 Å². The summed E-state index contributed by atoms with van der Waals surface area (Å²) in [6.07, 6.45) is 1.29. The predicted molar refractivity (Wildman–Crippen MR) is 94.9 cm³/mol. The number of hydrogen-bond donors (Lipinski definition) is 3. The second-order valence-corrected chi connectivity index (χ2v) is 5.69. The maximum absolute atomic E-state index is 10.2. The molecule has 27 heavy (non-hydrogen) atoms. The van der Waals surface area contributed by atoms with Gasteiger partial charge in [-0.1, -0.05) is 6.07 Å². The molecule has 0 aliphatic rings. The molecule has 0 bridgehead atoms. The highest BCUT2D eigenvalue weighted by molar-refractivity contribution is 6.10. The fourth-order valence-electron chi connectivity index (χ4n) is 2.99. The molecule has 0 unspecified atom stereocenters. The third-order valence-corrected chi connectivity index (χ3v) is 4.21. The van der Waals surface area contributed by atoms with Crippen LogP contribution in [-0.4, -0.2) is 44.5 Å². The van der Waals surface area contributed by atoms with Gasteiger partial charge >= 0.3 is 6.01 Å². The van der Waals surface area contributed by atoms with Crippen LogP contribution in [0.1, 0.15) is 5.69 Å². The van der Waals surface area contributed by atoms with Gasteiger partial charge in [-0.05, 0) is 17.7 Å². The van der Waals surface area contributed by atoms with Crippen molar-refractivity contribution in [2.75, 3.05) is 14.2 Å². The molecule has 3 aromatic heterocycles. The SMILES string of the molecule is COc1nc(CO)c2nc3coc(O)c3c(-c3ccc(OC)c(O)c3)c2n1. The predicted octanol–water partition coefficient (Wildman–Crippen LogP) is 2.36. The summed E-state index contributed by atoms with van der Waals surface area (Å²) in [5, 5.41) is 30.4. The fourth-order valence-corrected chi connectivity index (χ4v) is 2.99. The topological polar surface area (TPSA) is 131 Å². The van der Waals surface area contributed by atoms with E-state index in [1.54, 1.807) is 12.1 Å². The zero-order valence-electron chi connectivity index (χ0n) is 14.4. The molecule has 4 aromatic rings. The first-order valence-corrected chi connectivity index (χ1v) is 7.90. The van der Waals surface area contributed by atoms with Crippen LogP contribution < -0.4 is 9.47 Å². The van der Waals surface area contributed by atoms with Gasteiger partial charge in [-0.15, -0.1) is 0 Å². The van der Waals surface area contributed by atoms with E-state index >= 15 is 0 Å². The summed E-state index contributed by atoms with van der Waals surface area (Å²) in [5.74, 6) is -0.125. The van der Waals surface area contributed by atoms with Gasteiger partial charge in [0.05, 0.1) is 31.9 Å². The van der Waals surface area contributed by atoms with Crippen LogP contribution in [-0.2, 0) is 6.61 Å². The molecular weight excluding hydrogens is 354 g/mol. The number of furan rings is 1. The molecule has 9 heteroatoms. The van der Waals surface area contributed by atoms with Gasteiger partial charge in [0, 0.05) is 5.56 Å². The zero-order valence-corrected chi connectivity index (χ0v) is 14.4. The number of phenols is 1. The number of ether oxygens (including phenoxy) is 2. The number of aromatic hydroxyl groups is 2. The smallest absolute Gasteiger partial charge is 0.317 e. The Labute approximate surface area is 152 Å². The Hall–Kier alpha value is -3.59. The molecule has 0 atom stereocenters. The molecule has 0 aliphatic carbocycles. The maximum atomic E-state index is 10.2. The number of pyridine rings is 1. The summed E-state index contributed by atoms with van der Waals surface area (Å²) in [5.41, 5.74) is 2.27. The van der Waals surface area contributed by atoms with Crippen LogP contribution in [0.25, 0.3) is 33.1 Å². The van der Waals surface area contributed by atoms with Gasteiger partial charge < -0.3 is 29.2 Å². The molecule has 0 saturated carbocycles. The van der Waals surface area contributed by atoms with E-state index in [0.717, 1.165) is 0 Å². The number of nitrogens with zero attached hydrogens (tertiary/aromatic N) is 3. The molecule has 0 radical (unpaired) electrons. The Bertz CT molecular complexity index is 1170. The summed E-state index contributed by atoms with van der Waals surface area (Å²) in [6, 6.07) is 4.80. The maximum Gasteiger partial charge on any atom is 0.317 e. The van der Waals surface area contributed by atoms with Crippen LogP contribution in [0.3, 0.4) is 0 Å². The lowest BCUT2D eigenvalue weighted by atomic mass is 10.00. The molecule has 3 heterocycles. The van der Waals surface area contributed by atoms with Crippen LogP contribution in [0.4, 0.5) is 0 Å². The van der Waals surface area contributed by atoms with Crippen LogP contribution in [0.5, 0.6) is 23.5 Å². The molecule has 0 saturated heterocycles. The Morgan fingerprint density at radius 2 is 1.85 bits per heavy atom. The average Bonchev–Trinajstić information content (AvgIpc) is 3.05. The van der Waals surface area contributed by atoms with E-state index in [1.807, 2.05) is 0 Å². The van der Waals surface area contributed by atoms with E-state index < -0.39 is 0 Å². The van der Waals surface area contributed by atoms with E-state index in [0.29, 0.717) is 38.8 Å². The first-order valence-electron chi connectivity index (χ1n) is 7.90. The summed E-state index contributed by atoms with van der Waals surface area (Å²) < 4.78 is 15.3. The highest BCUT2D eigenvalue weighted by Crippen LogP contribution is 2.42. The van der Waals surface area contributed by atoms with E-state index in [4.69, 9.17) is 13.9 Å². The number of hydrogen-bond acceptors (Lipinski definition) is 9. The lowest BCUT2D eigenvalue weighted by molar-refractivity contribution is 0.275. The quantitative estimate of drug-likeness (QED) is 0.496. The van der Waals surface area contributed by atoms with Gasteiger partial charge in [0.1, 0.15) is 22.8 Å². The molecule has 9 nitrogen and oxygen atoms in total. The van der Waals surface area contributed by atoms with Crippen molar-refractivity contribution in [2.24, 2.45) is 0 Å². The van der Waals surface area contributed by atoms with Gasteiger partial charge in [0.25, 0.3) is 5.95 Å². The van der Waals surface area contributed by atoms with E-state index in [-0.39, 0.29) is 30.0 Å². The number of methoxy groups -OCH3 is 2. The summed E-state index contributed by atoms with van der Waals surface area (Å²) in [7, 11) is 2.85. The van der Waals surface area contributed by atoms with Gasteiger partial charge in [0.15, 0.2) is 11.5 Å². The average molecular weight is 369 g/mol. The Morgan fingerprint density at radius 3 is 2.52 bits per heavy atom. The normalized spacial score (nSPS) is 11.2. The highest BCUT2D eigenvalue weighted by Gasteiger charge is 2.22. The number of benzene rings is 1. The van der Waals surface area contributed by atoms with E-state index in [9.17, 15) is 15.3 Å². The largest absolute Gasteiger partial charge is 0.504 e. The van der Waals surface area contributed by atoms with Crippen molar-refractivity contribution in [2.45, 2.75) is 6.61 Å². The number of aliphatic hydroxyl groups is 1. The van der Waals surface area contributed by atoms with Crippen molar-refractivity contribution in [3.05, 3.63) is 30.2 Å². The number of fused-ring (bicyclic) bond motifs is 2. The van der Waals surface area contributed by atoms with Gasteiger partial charge in [-0.25, -0.2) is 4.98 Å². The Kier molecular flexibility index (Phi) is 3.93. The lowest BCUT2D eigenvalue weighted by Crippen LogP contribution is -2.02. The summed E-state index contributed by atoms with van der Waals surface area (Å²) in [6.45, 7) is -0.384. The fraction of sp³-hybridized carbons (Fsp3) is 0.167. The minimum absolute atomic E-state index is 0.0367. The van der Waals surface area contributed by atoms with Gasteiger partial charge in [0.2, 0.25) is 0 Å². The second-order valence-electron chi connectivity index (χ2n) is 5.69. The van der Waals surface area contributed by atoms with Crippen molar-refractivity contribution < 1.29 is 29.2 Å². The molecule has 0 aliphatic heterocycles. The third-order valence-electron chi connectivity index (χ3n) is 4.21. The summed E-state index contributed by atoms with van der Waals surface area (Å²) >= 11 is 0. The third kappa shape index (κ3) is 2.56. The van der Waals surface area contributed by atoms with Crippen molar-refractivity contribution in [1.29, 1.82) is 0 Å². The lowest BCUT2D eigenvalue weighted by Gasteiger charge is -2.12. The minimum Gasteiger partial charge on any atom is -0.504 e. The first-order chi connectivity index (χ1) is 13.1. The highest BCUT2D eigenvalue weighted by atomic mass is 16.5. The Balaban J connectivity index is 2.18. The molecule has 0 amide bonds. The van der Waals surface area contributed by atoms with Crippen molar-refractivity contribution in [3.8, 4) is 34.6 Å². The molecule has 0 fully saturated rings.